The Morgan fingerprint density at radius 2 is 2.05 bits per heavy atom. The van der Waals surface area contributed by atoms with E-state index in [4.69, 9.17) is 0 Å². The van der Waals surface area contributed by atoms with Crippen molar-refractivity contribution in [1.29, 1.82) is 0 Å². The molecule has 0 saturated heterocycles. The zero-order chi connectivity index (χ0) is 14.9. The van der Waals surface area contributed by atoms with E-state index in [1.54, 1.807) is 6.07 Å². The molecule has 20 heavy (non-hydrogen) atoms. The molecule has 0 aliphatic rings. The fraction of sp³-hybridized carbons (Fsp3) is 0.286. The van der Waals surface area contributed by atoms with Gasteiger partial charge in [0.2, 0.25) is 0 Å². The average molecular weight is 340 g/mol. The molecule has 4 nitrogen and oxygen atoms in total. The van der Waals surface area contributed by atoms with Crippen molar-refractivity contribution in [2.24, 2.45) is 0 Å². The Kier molecular flexibility index (Phi) is 3.94. The van der Waals surface area contributed by atoms with Crippen LogP contribution in [-0.4, -0.2) is 16.1 Å². The van der Waals surface area contributed by atoms with Crippen LogP contribution in [0.4, 0.5) is 10.2 Å². The van der Waals surface area contributed by atoms with Crippen molar-refractivity contribution in [2.45, 2.75) is 26.2 Å². The molecule has 0 unspecified atom stereocenters. The number of nitrogens with zero attached hydrogens (tertiary/aromatic N) is 1. The van der Waals surface area contributed by atoms with Crippen molar-refractivity contribution in [2.75, 3.05) is 5.32 Å². The SMILES string of the molecule is CC(C)(C)c1cc(NC(=O)c2ccc(F)c(Br)c2)n[nH]1. The Labute approximate surface area is 124 Å². The van der Waals surface area contributed by atoms with Crippen LogP contribution in [0, 0.1) is 5.82 Å². The van der Waals surface area contributed by atoms with E-state index in [0.29, 0.717) is 11.4 Å². The number of H-pyrrole nitrogens is 1. The second-order valence-electron chi connectivity index (χ2n) is 5.50. The smallest absolute Gasteiger partial charge is 0.256 e. The Balaban J connectivity index is 2.15. The van der Waals surface area contributed by atoms with Crippen LogP contribution >= 0.6 is 15.9 Å². The van der Waals surface area contributed by atoms with E-state index >= 15 is 0 Å². The lowest BCUT2D eigenvalue weighted by Crippen LogP contribution is -2.12. The number of benzene rings is 1. The summed E-state index contributed by atoms with van der Waals surface area (Å²) in [4.78, 5) is 12.0. The molecular weight excluding hydrogens is 325 g/mol. The number of nitrogens with one attached hydrogen (secondary N) is 2. The zero-order valence-electron chi connectivity index (χ0n) is 11.4. The molecule has 0 saturated carbocycles. The first-order chi connectivity index (χ1) is 9.27. The number of carbonyl (C=O) groups excluding carboxylic acids is 1. The fourth-order valence-electron chi connectivity index (χ4n) is 1.60. The van der Waals surface area contributed by atoms with E-state index in [0.717, 1.165) is 5.69 Å². The molecule has 0 aliphatic carbocycles. The lowest BCUT2D eigenvalue weighted by atomic mass is 9.92. The van der Waals surface area contributed by atoms with E-state index in [2.05, 4.69) is 31.4 Å². The van der Waals surface area contributed by atoms with Crippen LogP contribution in [0.2, 0.25) is 0 Å². The van der Waals surface area contributed by atoms with Gasteiger partial charge in [-0.1, -0.05) is 20.8 Å². The van der Waals surface area contributed by atoms with Gasteiger partial charge in [0.1, 0.15) is 5.82 Å². The van der Waals surface area contributed by atoms with Crippen molar-refractivity contribution >= 4 is 27.7 Å². The summed E-state index contributed by atoms with van der Waals surface area (Å²) in [7, 11) is 0. The Morgan fingerprint density at radius 1 is 1.35 bits per heavy atom. The minimum Gasteiger partial charge on any atom is -0.305 e. The van der Waals surface area contributed by atoms with Gasteiger partial charge in [0.25, 0.3) is 5.91 Å². The van der Waals surface area contributed by atoms with Crippen molar-refractivity contribution in [3.05, 3.63) is 45.8 Å². The second-order valence-corrected chi connectivity index (χ2v) is 6.35. The Morgan fingerprint density at radius 3 is 2.60 bits per heavy atom. The largest absolute Gasteiger partial charge is 0.305 e. The highest BCUT2D eigenvalue weighted by atomic mass is 79.9. The predicted molar refractivity (Wildman–Crippen MR) is 79.3 cm³/mol. The minimum absolute atomic E-state index is 0.0745. The van der Waals surface area contributed by atoms with E-state index in [9.17, 15) is 9.18 Å². The highest BCUT2D eigenvalue weighted by Crippen LogP contribution is 2.22. The summed E-state index contributed by atoms with van der Waals surface area (Å²) in [5.74, 6) is -0.297. The van der Waals surface area contributed by atoms with Gasteiger partial charge in [-0.3, -0.25) is 9.89 Å². The van der Waals surface area contributed by atoms with E-state index in [1.807, 2.05) is 20.8 Å². The predicted octanol–water partition coefficient (Wildman–Crippen LogP) is 3.86. The molecule has 0 radical (unpaired) electrons. The van der Waals surface area contributed by atoms with Gasteiger partial charge in [0.15, 0.2) is 5.82 Å². The quantitative estimate of drug-likeness (QED) is 0.872. The number of aromatic nitrogens is 2. The molecule has 0 fully saturated rings. The topological polar surface area (TPSA) is 57.8 Å². The number of rotatable bonds is 2. The van der Waals surface area contributed by atoms with Crippen molar-refractivity contribution in [1.82, 2.24) is 10.2 Å². The molecule has 0 atom stereocenters. The number of aromatic amines is 1. The van der Waals surface area contributed by atoms with Gasteiger partial charge in [-0.05, 0) is 34.1 Å². The summed E-state index contributed by atoms with van der Waals surface area (Å²) in [6.07, 6.45) is 0. The van der Waals surface area contributed by atoms with Crippen LogP contribution in [0.15, 0.2) is 28.7 Å². The molecule has 1 heterocycles. The molecular formula is C14H15BrFN3O. The molecule has 0 spiro atoms. The molecule has 6 heteroatoms. The summed E-state index contributed by atoms with van der Waals surface area (Å²) in [6, 6.07) is 5.88. The normalized spacial score (nSPS) is 11.4. The standard InChI is InChI=1S/C14H15BrFN3O/c1-14(2,3)11-7-12(19-18-11)17-13(20)8-4-5-10(16)9(15)6-8/h4-7H,1-3H3,(H2,17,18,19,20). The molecule has 0 aliphatic heterocycles. The van der Waals surface area contributed by atoms with E-state index in [-0.39, 0.29) is 15.8 Å². The third-order valence-electron chi connectivity index (χ3n) is 2.81. The molecule has 2 rings (SSSR count). The number of halogens is 2. The van der Waals surface area contributed by atoms with Crippen LogP contribution in [-0.2, 0) is 5.41 Å². The fourth-order valence-corrected chi connectivity index (χ4v) is 1.97. The van der Waals surface area contributed by atoms with Gasteiger partial charge in [0.05, 0.1) is 4.47 Å². The summed E-state index contributed by atoms with van der Waals surface area (Å²) in [5, 5.41) is 9.61. The van der Waals surface area contributed by atoms with Gasteiger partial charge in [0, 0.05) is 22.7 Å². The summed E-state index contributed by atoms with van der Waals surface area (Å²) >= 11 is 3.05. The Bertz CT molecular complexity index is 646. The first-order valence-electron chi connectivity index (χ1n) is 6.09. The second kappa shape index (κ2) is 5.36. The van der Waals surface area contributed by atoms with Crippen LogP contribution in [0.25, 0.3) is 0 Å². The first-order valence-corrected chi connectivity index (χ1v) is 6.89. The number of amides is 1. The maximum Gasteiger partial charge on any atom is 0.256 e. The number of hydrogen-bond donors (Lipinski definition) is 2. The Hall–Kier alpha value is -1.69. The molecule has 1 aromatic heterocycles. The zero-order valence-corrected chi connectivity index (χ0v) is 13.0. The summed E-state index contributed by atoms with van der Waals surface area (Å²) in [5.41, 5.74) is 1.21. The van der Waals surface area contributed by atoms with Gasteiger partial charge in [-0.15, -0.1) is 0 Å². The lowest BCUT2D eigenvalue weighted by Gasteiger charge is -2.14. The first kappa shape index (κ1) is 14.7. The number of anilines is 1. The van der Waals surface area contributed by atoms with Crippen LogP contribution < -0.4 is 5.32 Å². The van der Waals surface area contributed by atoms with Gasteiger partial charge >= 0.3 is 0 Å². The summed E-state index contributed by atoms with van der Waals surface area (Å²) < 4.78 is 13.4. The third kappa shape index (κ3) is 3.25. The third-order valence-corrected chi connectivity index (χ3v) is 3.42. The molecule has 106 valence electrons. The van der Waals surface area contributed by atoms with Crippen molar-refractivity contribution in [3.8, 4) is 0 Å². The molecule has 1 amide bonds. The highest BCUT2D eigenvalue weighted by molar-refractivity contribution is 9.10. The maximum absolute atomic E-state index is 13.1. The number of carbonyl (C=O) groups is 1. The minimum atomic E-state index is -0.406. The molecule has 0 bridgehead atoms. The van der Waals surface area contributed by atoms with Gasteiger partial charge in [-0.2, -0.15) is 5.10 Å². The number of hydrogen-bond acceptors (Lipinski definition) is 2. The summed E-state index contributed by atoms with van der Waals surface area (Å²) in [6.45, 7) is 6.13. The van der Waals surface area contributed by atoms with Crippen LogP contribution in [0.1, 0.15) is 36.8 Å². The van der Waals surface area contributed by atoms with Crippen molar-refractivity contribution in [3.63, 3.8) is 0 Å². The van der Waals surface area contributed by atoms with Crippen molar-refractivity contribution < 1.29 is 9.18 Å². The molecule has 2 N–H and O–H groups in total. The van der Waals surface area contributed by atoms with E-state index in [1.165, 1.54) is 18.2 Å². The lowest BCUT2D eigenvalue weighted by molar-refractivity contribution is 0.102. The average Bonchev–Trinajstić information content (AvgIpc) is 2.81. The highest BCUT2D eigenvalue weighted by Gasteiger charge is 2.18. The van der Waals surface area contributed by atoms with Gasteiger partial charge < -0.3 is 5.32 Å². The van der Waals surface area contributed by atoms with Crippen LogP contribution in [0.5, 0.6) is 0 Å². The van der Waals surface area contributed by atoms with Gasteiger partial charge in [-0.25, -0.2) is 4.39 Å². The van der Waals surface area contributed by atoms with Crippen LogP contribution in [0.3, 0.4) is 0 Å². The maximum atomic E-state index is 13.1. The molecule has 2 aromatic rings. The molecule has 1 aromatic carbocycles. The van der Waals surface area contributed by atoms with E-state index < -0.39 is 5.82 Å². The monoisotopic (exact) mass is 339 g/mol.